The Morgan fingerprint density at radius 2 is 2.06 bits per heavy atom. The summed E-state index contributed by atoms with van der Waals surface area (Å²) < 4.78 is 26.4. The van der Waals surface area contributed by atoms with Crippen LogP contribution in [-0.2, 0) is 0 Å². The first-order chi connectivity index (χ1) is 7.22. The molecule has 0 amide bonds. The van der Waals surface area contributed by atoms with Crippen molar-refractivity contribution >= 4 is 12.4 Å². The predicted octanol–water partition coefficient (Wildman–Crippen LogP) is 1.68. The largest absolute Gasteiger partial charge is 0.396 e. The van der Waals surface area contributed by atoms with Gasteiger partial charge in [0, 0.05) is 31.5 Å². The summed E-state index contributed by atoms with van der Waals surface area (Å²) in [7, 11) is 0. The molecule has 1 aliphatic heterocycles. The first kappa shape index (κ1) is 13.4. The van der Waals surface area contributed by atoms with Crippen LogP contribution in [0, 0.1) is 17.6 Å². The molecule has 2 N–H and O–H groups in total. The van der Waals surface area contributed by atoms with Gasteiger partial charge in [-0.3, -0.25) is 0 Å². The topological polar surface area (TPSA) is 32.3 Å². The average molecular weight is 250 g/mol. The van der Waals surface area contributed by atoms with E-state index in [4.69, 9.17) is 5.11 Å². The zero-order chi connectivity index (χ0) is 10.8. The lowest BCUT2D eigenvalue weighted by molar-refractivity contribution is 0.225. The van der Waals surface area contributed by atoms with Crippen LogP contribution in [0.2, 0.25) is 0 Å². The predicted molar refractivity (Wildman–Crippen MR) is 59.8 cm³/mol. The van der Waals surface area contributed by atoms with Crippen molar-refractivity contribution in [2.75, 3.05) is 19.7 Å². The van der Waals surface area contributed by atoms with Crippen molar-refractivity contribution in [3.05, 3.63) is 35.4 Å². The molecule has 1 aromatic carbocycles. The number of benzene rings is 1. The van der Waals surface area contributed by atoms with E-state index in [1.807, 2.05) is 0 Å². The molecule has 1 aromatic rings. The summed E-state index contributed by atoms with van der Waals surface area (Å²) in [6.45, 7) is 1.23. The minimum atomic E-state index is -0.435. The highest BCUT2D eigenvalue weighted by atomic mass is 35.5. The van der Waals surface area contributed by atoms with E-state index in [-0.39, 0.29) is 30.8 Å². The molecule has 0 bridgehead atoms. The Bertz CT molecular complexity index is 362. The molecular weight excluding hydrogens is 236 g/mol. The normalized spacial score (nSPS) is 24.2. The summed E-state index contributed by atoms with van der Waals surface area (Å²) in [5.74, 6) is -0.995. The molecule has 0 saturated carbocycles. The molecule has 5 heteroatoms. The van der Waals surface area contributed by atoms with Crippen molar-refractivity contribution in [2.45, 2.75) is 5.92 Å². The maximum Gasteiger partial charge on any atom is 0.126 e. The molecule has 1 fully saturated rings. The number of nitrogens with one attached hydrogen (secondary N) is 1. The zero-order valence-corrected chi connectivity index (χ0v) is 9.44. The highest BCUT2D eigenvalue weighted by Gasteiger charge is 2.29. The summed E-state index contributed by atoms with van der Waals surface area (Å²) >= 11 is 0. The molecule has 0 spiro atoms. The fraction of sp³-hybridized carbons (Fsp3) is 0.455. The molecule has 16 heavy (non-hydrogen) atoms. The van der Waals surface area contributed by atoms with Gasteiger partial charge in [-0.15, -0.1) is 12.4 Å². The van der Waals surface area contributed by atoms with Crippen LogP contribution in [0.1, 0.15) is 11.5 Å². The second-order valence-corrected chi connectivity index (χ2v) is 3.87. The van der Waals surface area contributed by atoms with Gasteiger partial charge in [-0.05, 0) is 23.8 Å². The fourth-order valence-electron chi connectivity index (χ4n) is 2.09. The lowest BCUT2D eigenvalue weighted by Gasteiger charge is -2.17. The van der Waals surface area contributed by atoms with E-state index in [0.29, 0.717) is 18.7 Å². The van der Waals surface area contributed by atoms with Gasteiger partial charge in [-0.2, -0.15) is 0 Å². The van der Waals surface area contributed by atoms with Crippen molar-refractivity contribution in [1.82, 2.24) is 5.32 Å². The summed E-state index contributed by atoms with van der Waals surface area (Å²) in [5, 5.41) is 12.2. The Kier molecular flexibility index (Phi) is 4.65. The van der Waals surface area contributed by atoms with Crippen LogP contribution in [0.15, 0.2) is 18.2 Å². The smallest absolute Gasteiger partial charge is 0.126 e. The molecule has 1 heterocycles. The number of halogens is 3. The van der Waals surface area contributed by atoms with E-state index in [2.05, 4.69) is 5.32 Å². The van der Waals surface area contributed by atoms with E-state index in [9.17, 15) is 8.78 Å². The molecular formula is C11H14ClF2NO. The van der Waals surface area contributed by atoms with Crippen molar-refractivity contribution in [2.24, 2.45) is 5.92 Å². The van der Waals surface area contributed by atoms with Crippen LogP contribution >= 0.6 is 12.4 Å². The summed E-state index contributed by atoms with van der Waals surface area (Å²) in [4.78, 5) is 0. The molecule has 0 radical (unpaired) electrons. The average Bonchev–Trinajstić information content (AvgIpc) is 2.69. The molecule has 0 aromatic heterocycles. The lowest BCUT2D eigenvalue weighted by atomic mass is 9.89. The highest BCUT2D eigenvalue weighted by molar-refractivity contribution is 5.85. The third-order valence-electron chi connectivity index (χ3n) is 2.93. The van der Waals surface area contributed by atoms with Gasteiger partial charge in [0.2, 0.25) is 0 Å². The maximum absolute atomic E-state index is 13.5. The van der Waals surface area contributed by atoms with Gasteiger partial charge in [-0.25, -0.2) is 8.78 Å². The Hall–Kier alpha value is -0.710. The van der Waals surface area contributed by atoms with Gasteiger partial charge >= 0.3 is 0 Å². The first-order valence-corrected chi connectivity index (χ1v) is 4.99. The molecule has 1 saturated heterocycles. The SMILES string of the molecule is Cl.OC[C@@H]1CNC[C@H]1c1cc(F)ccc1F. The van der Waals surface area contributed by atoms with Crippen molar-refractivity contribution in [3.63, 3.8) is 0 Å². The van der Waals surface area contributed by atoms with Crippen LogP contribution in [-0.4, -0.2) is 24.8 Å². The number of hydrogen-bond donors (Lipinski definition) is 2. The van der Waals surface area contributed by atoms with Crippen LogP contribution in [0.3, 0.4) is 0 Å². The van der Waals surface area contributed by atoms with Crippen molar-refractivity contribution < 1.29 is 13.9 Å². The first-order valence-electron chi connectivity index (χ1n) is 4.99. The van der Waals surface area contributed by atoms with Gasteiger partial charge in [0.1, 0.15) is 11.6 Å². The van der Waals surface area contributed by atoms with E-state index in [1.54, 1.807) is 0 Å². The third kappa shape index (κ3) is 2.51. The van der Waals surface area contributed by atoms with Gasteiger partial charge in [0.25, 0.3) is 0 Å². The molecule has 0 aliphatic carbocycles. The molecule has 2 rings (SSSR count). The van der Waals surface area contributed by atoms with Crippen molar-refractivity contribution in [3.8, 4) is 0 Å². The lowest BCUT2D eigenvalue weighted by Crippen LogP contribution is -2.16. The van der Waals surface area contributed by atoms with Gasteiger partial charge < -0.3 is 10.4 Å². The maximum atomic E-state index is 13.5. The molecule has 0 unspecified atom stereocenters. The second kappa shape index (κ2) is 5.57. The molecule has 2 atom stereocenters. The van der Waals surface area contributed by atoms with Gasteiger partial charge in [0.05, 0.1) is 0 Å². The third-order valence-corrected chi connectivity index (χ3v) is 2.93. The second-order valence-electron chi connectivity index (χ2n) is 3.87. The monoisotopic (exact) mass is 249 g/mol. The standard InChI is InChI=1S/C11H13F2NO.ClH/c12-8-1-2-11(13)9(3-8)10-5-14-4-7(10)6-15;/h1-3,7,10,14-15H,4-6H2;1H/t7-,10+;/m0./s1. The van der Waals surface area contributed by atoms with Crippen LogP contribution in [0.4, 0.5) is 8.78 Å². The van der Waals surface area contributed by atoms with Gasteiger partial charge in [0.15, 0.2) is 0 Å². The minimum Gasteiger partial charge on any atom is -0.396 e. The number of aliphatic hydroxyl groups excluding tert-OH is 1. The molecule has 1 aliphatic rings. The number of aliphatic hydroxyl groups is 1. The van der Waals surface area contributed by atoms with Crippen LogP contribution in [0.5, 0.6) is 0 Å². The van der Waals surface area contributed by atoms with E-state index >= 15 is 0 Å². The van der Waals surface area contributed by atoms with E-state index in [0.717, 1.165) is 12.1 Å². The van der Waals surface area contributed by atoms with E-state index < -0.39 is 11.6 Å². The fourth-order valence-corrected chi connectivity index (χ4v) is 2.09. The minimum absolute atomic E-state index is 0. The van der Waals surface area contributed by atoms with Crippen molar-refractivity contribution in [1.29, 1.82) is 0 Å². The van der Waals surface area contributed by atoms with E-state index in [1.165, 1.54) is 6.07 Å². The zero-order valence-electron chi connectivity index (χ0n) is 8.62. The molecule has 2 nitrogen and oxygen atoms in total. The quantitative estimate of drug-likeness (QED) is 0.836. The van der Waals surface area contributed by atoms with Crippen LogP contribution in [0.25, 0.3) is 0 Å². The summed E-state index contributed by atoms with van der Waals surface area (Å²) in [5.41, 5.74) is 0.360. The molecule has 90 valence electrons. The van der Waals surface area contributed by atoms with Crippen LogP contribution < -0.4 is 5.32 Å². The number of hydrogen-bond acceptors (Lipinski definition) is 2. The van der Waals surface area contributed by atoms with Gasteiger partial charge in [-0.1, -0.05) is 0 Å². The Morgan fingerprint density at radius 1 is 1.31 bits per heavy atom. The Morgan fingerprint density at radius 3 is 2.75 bits per heavy atom. The summed E-state index contributed by atoms with van der Waals surface area (Å²) in [6, 6.07) is 3.46. The number of rotatable bonds is 2. The highest BCUT2D eigenvalue weighted by Crippen LogP contribution is 2.29. The Balaban J connectivity index is 0.00000128. The Labute approximate surface area is 99.1 Å². The summed E-state index contributed by atoms with van der Waals surface area (Å²) in [6.07, 6.45) is 0.